The lowest BCUT2D eigenvalue weighted by molar-refractivity contribution is -0.277. The van der Waals surface area contributed by atoms with E-state index >= 15 is 0 Å². The second kappa shape index (κ2) is 5.58. The Morgan fingerprint density at radius 3 is 2.05 bits per heavy atom. The fraction of sp³-hybridized carbons (Fsp3) is 0.444. The van der Waals surface area contributed by atoms with Gasteiger partial charge in [0.25, 0.3) is 6.43 Å². The van der Waals surface area contributed by atoms with Crippen molar-refractivity contribution in [1.82, 2.24) is 4.98 Å². The first kappa shape index (κ1) is 16.7. The molecular formula is C9H4ClF8NO. The number of aromatic nitrogens is 1. The predicted molar refractivity (Wildman–Crippen MR) is 50.4 cm³/mol. The van der Waals surface area contributed by atoms with Crippen molar-refractivity contribution in [3.05, 3.63) is 23.0 Å². The van der Waals surface area contributed by atoms with Gasteiger partial charge in [-0.2, -0.15) is 13.2 Å². The topological polar surface area (TPSA) is 22.1 Å². The number of hydrogen-bond acceptors (Lipinski definition) is 2. The summed E-state index contributed by atoms with van der Waals surface area (Å²) in [5.74, 6) is -2.76. The van der Waals surface area contributed by atoms with E-state index < -0.39 is 47.5 Å². The van der Waals surface area contributed by atoms with E-state index in [0.717, 1.165) is 0 Å². The average molecular weight is 330 g/mol. The summed E-state index contributed by atoms with van der Waals surface area (Å²) in [5, 5.41) is 0. The smallest absolute Gasteiger partial charge is 0.403 e. The minimum Gasteiger partial charge on any atom is -0.403 e. The Hall–Kier alpha value is -1.32. The van der Waals surface area contributed by atoms with Crippen LogP contribution in [-0.2, 0) is 12.1 Å². The first-order chi connectivity index (χ1) is 8.95. The van der Waals surface area contributed by atoms with Crippen LogP contribution in [0.15, 0.2) is 6.07 Å². The molecule has 1 heterocycles. The van der Waals surface area contributed by atoms with Gasteiger partial charge in [-0.15, -0.1) is 24.8 Å². The number of alkyl halides is 9. The Morgan fingerprint density at radius 1 is 1.15 bits per heavy atom. The monoisotopic (exact) mass is 329 g/mol. The summed E-state index contributed by atoms with van der Waals surface area (Å²) in [7, 11) is 0. The van der Waals surface area contributed by atoms with E-state index in [2.05, 4.69) is 9.72 Å². The van der Waals surface area contributed by atoms with Crippen molar-refractivity contribution in [2.24, 2.45) is 0 Å². The van der Waals surface area contributed by atoms with E-state index in [9.17, 15) is 35.1 Å². The molecule has 0 radical (unpaired) electrons. The summed E-state index contributed by atoms with van der Waals surface area (Å²) >= 11 is 5.17. The molecule has 0 saturated carbocycles. The molecule has 0 saturated heterocycles. The van der Waals surface area contributed by atoms with Crippen molar-refractivity contribution in [3.8, 4) is 5.75 Å². The van der Waals surface area contributed by atoms with E-state index in [0.29, 0.717) is 6.07 Å². The van der Waals surface area contributed by atoms with E-state index in [1.165, 1.54) is 0 Å². The first-order valence-electron chi connectivity index (χ1n) is 4.66. The zero-order chi connectivity index (χ0) is 15.7. The Balaban J connectivity index is 3.56. The largest absolute Gasteiger partial charge is 0.573 e. The molecule has 0 fully saturated rings. The highest BCUT2D eigenvalue weighted by molar-refractivity contribution is 6.16. The van der Waals surface area contributed by atoms with Gasteiger partial charge in [-0.1, -0.05) is 0 Å². The third-order valence-electron chi connectivity index (χ3n) is 1.91. The van der Waals surface area contributed by atoms with Crippen molar-refractivity contribution in [2.75, 3.05) is 0 Å². The normalized spacial score (nSPS) is 12.9. The van der Waals surface area contributed by atoms with Crippen molar-refractivity contribution >= 4 is 11.6 Å². The van der Waals surface area contributed by atoms with Crippen LogP contribution in [0.25, 0.3) is 0 Å². The van der Waals surface area contributed by atoms with E-state index in [1.54, 1.807) is 0 Å². The van der Waals surface area contributed by atoms with Crippen molar-refractivity contribution in [2.45, 2.75) is 24.8 Å². The molecule has 0 atom stereocenters. The van der Waals surface area contributed by atoms with Crippen LogP contribution in [0.1, 0.15) is 23.4 Å². The van der Waals surface area contributed by atoms with Crippen LogP contribution in [0.3, 0.4) is 0 Å². The van der Waals surface area contributed by atoms with Crippen LogP contribution >= 0.6 is 11.6 Å². The lowest BCUT2D eigenvalue weighted by atomic mass is 10.1. The van der Waals surface area contributed by atoms with Crippen molar-refractivity contribution in [1.29, 1.82) is 0 Å². The molecule has 11 heteroatoms. The van der Waals surface area contributed by atoms with Gasteiger partial charge >= 0.3 is 12.5 Å². The SMILES string of the molecule is FC(F)c1cc(CCl)nc(C(F)(F)F)c1OC(F)(F)F. The van der Waals surface area contributed by atoms with Gasteiger partial charge < -0.3 is 4.74 Å². The Labute approximate surface area is 111 Å². The maximum atomic E-state index is 12.6. The van der Waals surface area contributed by atoms with Crippen LogP contribution in [0.2, 0.25) is 0 Å². The molecule has 0 aromatic carbocycles. The molecule has 0 N–H and O–H groups in total. The minimum absolute atomic E-state index is 0.327. The highest BCUT2D eigenvalue weighted by Gasteiger charge is 2.43. The van der Waals surface area contributed by atoms with Gasteiger partial charge in [0, 0.05) is 0 Å². The molecule has 1 aromatic heterocycles. The predicted octanol–water partition coefficient (Wildman–Crippen LogP) is 4.68. The second-order valence-electron chi connectivity index (χ2n) is 3.36. The standard InChI is InChI=1S/C9H4ClF8NO/c10-2-3-1-4(7(11)12)5(20-9(16,17)18)6(19-3)8(13,14)15/h1,7H,2H2. The van der Waals surface area contributed by atoms with Crippen LogP contribution in [0.4, 0.5) is 35.1 Å². The average Bonchev–Trinajstić information content (AvgIpc) is 2.25. The molecule has 20 heavy (non-hydrogen) atoms. The van der Waals surface area contributed by atoms with Gasteiger partial charge in [-0.3, -0.25) is 0 Å². The number of halogens is 9. The molecule has 0 aliphatic heterocycles. The van der Waals surface area contributed by atoms with E-state index in [1.807, 2.05) is 0 Å². The van der Waals surface area contributed by atoms with Crippen LogP contribution in [0, 0.1) is 0 Å². The molecule has 0 aliphatic rings. The summed E-state index contributed by atoms with van der Waals surface area (Å²) in [4.78, 5) is 2.77. The van der Waals surface area contributed by atoms with Gasteiger partial charge in [0.2, 0.25) is 0 Å². The van der Waals surface area contributed by atoms with Gasteiger partial charge in [-0.05, 0) is 6.07 Å². The van der Waals surface area contributed by atoms with Crippen molar-refractivity contribution < 1.29 is 39.9 Å². The number of nitrogens with zero attached hydrogens (tertiary/aromatic N) is 1. The molecule has 0 spiro atoms. The molecular weight excluding hydrogens is 326 g/mol. The van der Waals surface area contributed by atoms with E-state index in [-0.39, 0.29) is 0 Å². The summed E-state index contributed by atoms with van der Waals surface area (Å²) in [5.41, 5.74) is -4.44. The van der Waals surface area contributed by atoms with Gasteiger partial charge in [0.15, 0.2) is 11.4 Å². The van der Waals surface area contributed by atoms with Gasteiger partial charge in [0.1, 0.15) is 0 Å². The van der Waals surface area contributed by atoms with E-state index in [4.69, 9.17) is 11.6 Å². The molecule has 0 bridgehead atoms. The number of ether oxygens (including phenoxy) is 1. The second-order valence-corrected chi connectivity index (χ2v) is 3.63. The Bertz CT molecular complexity index is 484. The highest BCUT2D eigenvalue weighted by atomic mass is 35.5. The zero-order valence-electron chi connectivity index (χ0n) is 9.12. The van der Waals surface area contributed by atoms with Crippen LogP contribution in [0.5, 0.6) is 5.75 Å². The molecule has 1 rings (SSSR count). The number of pyridine rings is 1. The highest BCUT2D eigenvalue weighted by Crippen LogP contribution is 2.42. The van der Waals surface area contributed by atoms with Gasteiger partial charge in [-0.25, -0.2) is 13.8 Å². The number of hydrogen-bond donors (Lipinski definition) is 0. The summed E-state index contributed by atoms with van der Waals surface area (Å²) < 4.78 is 102. The van der Waals surface area contributed by atoms with Crippen LogP contribution in [-0.4, -0.2) is 11.3 Å². The fourth-order valence-electron chi connectivity index (χ4n) is 1.25. The molecule has 114 valence electrons. The Morgan fingerprint density at radius 2 is 1.70 bits per heavy atom. The van der Waals surface area contributed by atoms with Crippen molar-refractivity contribution in [3.63, 3.8) is 0 Å². The third kappa shape index (κ3) is 4.09. The first-order valence-corrected chi connectivity index (χ1v) is 5.20. The zero-order valence-corrected chi connectivity index (χ0v) is 9.87. The maximum absolute atomic E-state index is 12.6. The molecule has 1 aromatic rings. The lowest BCUT2D eigenvalue weighted by Crippen LogP contribution is -2.23. The molecule has 2 nitrogen and oxygen atoms in total. The quantitative estimate of drug-likeness (QED) is 0.593. The Kier molecular flexibility index (Phi) is 4.67. The summed E-state index contributed by atoms with van der Waals surface area (Å²) in [6.07, 6.45) is -14.6. The fourth-order valence-corrected chi connectivity index (χ4v) is 1.39. The maximum Gasteiger partial charge on any atom is 0.573 e. The van der Waals surface area contributed by atoms with Crippen LogP contribution < -0.4 is 4.74 Å². The number of rotatable bonds is 3. The third-order valence-corrected chi connectivity index (χ3v) is 2.19. The molecule has 0 aliphatic carbocycles. The minimum atomic E-state index is -5.58. The lowest BCUT2D eigenvalue weighted by Gasteiger charge is -2.18. The molecule has 0 amide bonds. The van der Waals surface area contributed by atoms with Gasteiger partial charge in [0.05, 0.1) is 17.1 Å². The summed E-state index contributed by atoms with van der Waals surface area (Å²) in [6, 6.07) is 0.327. The summed E-state index contributed by atoms with van der Waals surface area (Å²) in [6.45, 7) is 0. The molecule has 0 unspecified atom stereocenters.